The van der Waals surface area contributed by atoms with E-state index in [1.807, 2.05) is 0 Å². The summed E-state index contributed by atoms with van der Waals surface area (Å²) in [5.74, 6) is -2.80. The van der Waals surface area contributed by atoms with Crippen LogP contribution in [0.25, 0.3) is 22.3 Å². The van der Waals surface area contributed by atoms with Gasteiger partial charge in [0.15, 0.2) is 17.3 Å². The fraction of sp³-hybridized carbons (Fsp3) is 0.286. The number of hydrogen-bond donors (Lipinski definition) is 7. The van der Waals surface area contributed by atoms with Crippen LogP contribution in [0.3, 0.4) is 0 Å². The van der Waals surface area contributed by atoms with Crippen molar-refractivity contribution in [2.24, 2.45) is 0 Å². The summed E-state index contributed by atoms with van der Waals surface area (Å²) >= 11 is 0. The maximum absolute atomic E-state index is 13.2. The molecule has 3 aromatic rings. The number of fused-ring (bicyclic) bond motifs is 1. The molecule has 11 nitrogen and oxygen atoms in total. The molecular formula is C21H20O11. The standard InChI is InChI=1S/C21H20O11/c1-7-15(26)17(28)18(29)21(30-7)32-20-16(27)14-12(25)5-9(22)6-13(14)31-19(20)8-2-3-10(23)11(24)4-8/h2-7,15,17-18,21-26,28-29H,1H3/t7-,15-,17+,18+,21?/m1/s1. The van der Waals surface area contributed by atoms with E-state index in [9.17, 15) is 40.5 Å². The van der Waals surface area contributed by atoms with Crippen LogP contribution in [0.4, 0.5) is 0 Å². The van der Waals surface area contributed by atoms with Gasteiger partial charge in [0.25, 0.3) is 0 Å². The van der Waals surface area contributed by atoms with Gasteiger partial charge >= 0.3 is 0 Å². The number of hydrogen-bond acceptors (Lipinski definition) is 11. The minimum atomic E-state index is -1.74. The molecule has 0 radical (unpaired) electrons. The molecule has 0 saturated carbocycles. The van der Waals surface area contributed by atoms with Crippen LogP contribution < -0.4 is 10.2 Å². The molecule has 0 spiro atoms. The fourth-order valence-corrected chi connectivity index (χ4v) is 3.46. The lowest BCUT2D eigenvalue weighted by Gasteiger charge is -2.38. The summed E-state index contributed by atoms with van der Waals surface area (Å²) < 4.78 is 16.6. The Hall–Kier alpha value is -3.51. The number of phenols is 4. The van der Waals surface area contributed by atoms with Gasteiger partial charge in [-0.1, -0.05) is 0 Å². The van der Waals surface area contributed by atoms with Gasteiger partial charge in [-0.15, -0.1) is 0 Å². The van der Waals surface area contributed by atoms with Crippen molar-refractivity contribution < 1.29 is 49.6 Å². The van der Waals surface area contributed by atoms with Gasteiger partial charge in [0.2, 0.25) is 17.5 Å². The van der Waals surface area contributed by atoms with Crippen LogP contribution in [0.5, 0.6) is 28.7 Å². The van der Waals surface area contributed by atoms with Crippen molar-refractivity contribution in [3.63, 3.8) is 0 Å². The van der Waals surface area contributed by atoms with E-state index in [2.05, 4.69) is 0 Å². The number of aliphatic hydroxyl groups excluding tert-OH is 3. The maximum atomic E-state index is 13.2. The van der Waals surface area contributed by atoms with Crippen LogP contribution in [0.2, 0.25) is 0 Å². The third kappa shape index (κ3) is 3.56. The van der Waals surface area contributed by atoms with Gasteiger partial charge < -0.3 is 49.6 Å². The summed E-state index contributed by atoms with van der Waals surface area (Å²) in [7, 11) is 0. The predicted molar refractivity (Wildman–Crippen MR) is 108 cm³/mol. The van der Waals surface area contributed by atoms with E-state index < -0.39 is 59.1 Å². The highest BCUT2D eigenvalue weighted by atomic mass is 16.7. The Bertz CT molecular complexity index is 1230. The third-order valence-electron chi connectivity index (χ3n) is 5.20. The molecule has 1 fully saturated rings. The normalized spacial score (nSPS) is 25.7. The molecule has 1 aliphatic rings. The molecule has 0 amide bonds. The molecule has 0 aliphatic carbocycles. The van der Waals surface area contributed by atoms with Crippen LogP contribution in [0.1, 0.15) is 6.92 Å². The summed E-state index contributed by atoms with van der Waals surface area (Å²) in [6, 6.07) is 5.51. The lowest BCUT2D eigenvalue weighted by molar-refractivity contribution is -0.268. The van der Waals surface area contributed by atoms with Crippen LogP contribution >= 0.6 is 0 Å². The van der Waals surface area contributed by atoms with E-state index in [1.54, 1.807) is 0 Å². The van der Waals surface area contributed by atoms with Crippen molar-refractivity contribution in [3.05, 3.63) is 40.6 Å². The van der Waals surface area contributed by atoms with Crippen LogP contribution in [0.15, 0.2) is 39.5 Å². The molecule has 1 aromatic heterocycles. The van der Waals surface area contributed by atoms with E-state index in [4.69, 9.17) is 13.9 Å². The zero-order chi connectivity index (χ0) is 23.3. The number of aromatic hydroxyl groups is 4. The first-order chi connectivity index (χ1) is 15.1. The van der Waals surface area contributed by atoms with Crippen molar-refractivity contribution in [3.8, 4) is 40.1 Å². The molecule has 5 atom stereocenters. The second kappa shape index (κ2) is 7.88. The molecular weight excluding hydrogens is 428 g/mol. The van der Waals surface area contributed by atoms with Crippen LogP contribution in [-0.2, 0) is 4.74 Å². The number of benzene rings is 2. The van der Waals surface area contributed by atoms with Crippen molar-refractivity contribution in [2.75, 3.05) is 0 Å². The molecule has 170 valence electrons. The number of rotatable bonds is 3. The zero-order valence-corrected chi connectivity index (χ0v) is 16.5. The lowest BCUT2D eigenvalue weighted by Crippen LogP contribution is -2.58. The van der Waals surface area contributed by atoms with Gasteiger partial charge in [-0.05, 0) is 25.1 Å². The van der Waals surface area contributed by atoms with Gasteiger partial charge in [-0.3, -0.25) is 4.79 Å². The summed E-state index contributed by atoms with van der Waals surface area (Å²) in [4.78, 5) is 13.2. The molecule has 7 N–H and O–H groups in total. The SMILES string of the molecule is C[C@H]1OC(Oc2c(-c3ccc(O)c(O)c3)oc3cc(O)cc(O)c3c2=O)[C@@H](O)[C@@H](O)[C@@H]1O. The summed E-state index contributed by atoms with van der Waals surface area (Å²) in [5, 5.41) is 69.2. The molecule has 0 bridgehead atoms. The van der Waals surface area contributed by atoms with Crippen LogP contribution in [0, 0.1) is 0 Å². The Morgan fingerprint density at radius 2 is 1.59 bits per heavy atom. The summed E-state index contributed by atoms with van der Waals surface area (Å²) in [6.07, 6.45) is -7.35. The molecule has 2 heterocycles. The second-order valence-electron chi connectivity index (χ2n) is 7.43. The highest BCUT2D eigenvalue weighted by Gasteiger charge is 2.44. The van der Waals surface area contributed by atoms with E-state index >= 15 is 0 Å². The monoisotopic (exact) mass is 448 g/mol. The van der Waals surface area contributed by atoms with Crippen molar-refractivity contribution >= 4 is 11.0 Å². The Balaban J connectivity index is 1.92. The molecule has 32 heavy (non-hydrogen) atoms. The van der Waals surface area contributed by atoms with Gasteiger partial charge in [-0.2, -0.15) is 0 Å². The van der Waals surface area contributed by atoms with Crippen molar-refractivity contribution in [1.82, 2.24) is 0 Å². The Morgan fingerprint density at radius 1 is 0.875 bits per heavy atom. The summed E-state index contributed by atoms with van der Waals surface area (Å²) in [6.45, 7) is 1.42. The number of phenolic OH excluding ortho intramolecular Hbond substituents is 4. The quantitative estimate of drug-likeness (QED) is 0.276. The number of aliphatic hydroxyl groups is 3. The van der Waals surface area contributed by atoms with Gasteiger partial charge in [0, 0.05) is 17.7 Å². The molecule has 1 unspecified atom stereocenters. The largest absolute Gasteiger partial charge is 0.508 e. The first-order valence-electron chi connectivity index (χ1n) is 9.50. The van der Waals surface area contributed by atoms with Gasteiger partial charge in [0.1, 0.15) is 40.8 Å². The van der Waals surface area contributed by atoms with Crippen molar-refractivity contribution in [2.45, 2.75) is 37.6 Å². The van der Waals surface area contributed by atoms with Gasteiger partial charge in [0.05, 0.1) is 6.10 Å². The highest BCUT2D eigenvalue weighted by molar-refractivity contribution is 5.88. The van der Waals surface area contributed by atoms with E-state index in [1.165, 1.54) is 13.0 Å². The fourth-order valence-electron chi connectivity index (χ4n) is 3.46. The second-order valence-corrected chi connectivity index (χ2v) is 7.43. The lowest BCUT2D eigenvalue weighted by atomic mass is 10.00. The minimum Gasteiger partial charge on any atom is -0.508 e. The Morgan fingerprint density at radius 3 is 2.28 bits per heavy atom. The maximum Gasteiger partial charge on any atom is 0.239 e. The zero-order valence-electron chi connectivity index (χ0n) is 16.5. The molecule has 1 saturated heterocycles. The highest BCUT2D eigenvalue weighted by Crippen LogP contribution is 2.39. The first-order valence-corrected chi connectivity index (χ1v) is 9.50. The average Bonchev–Trinajstić information content (AvgIpc) is 2.73. The third-order valence-corrected chi connectivity index (χ3v) is 5.20. The Labute approximate surface area is 179 Å². The van der Waals surface area contributed by atoms with E-state index in [0.717, 1.165) is 24.3 Å². The minimum absolute atomic E-state index is 0.0658. The van der Waals surface area contributed by atoms with E-state index in [0.29, 0.717) is 0 Å². The Kier molecular flexibility index (Phi) is 5.34. The predicted octanol–water partition coefficient (Wildman–Crippen LogP) is 0.489. The average molecular weight is 448 g/mol. The molecule has 1 aliphatic heterocycles. The van der Waals surface area contributed by atoms with Crippen molar-refractivity contribution in [1.29, 1.82) is 0 Å². The molecule has 11 heteroatoms. The first kappa shape index (κ1) is 21.7. The topological polar surface area (TPSA) is 190 Å². The smallest absolute Gasteiger partial charge is 0.239 e. The summed E-state index contributed by atoms with van der Waals surface area (Å²) in [5.41, 5.74) is -1.05. The number of ether oxygens (including phenoxy) is 2. The van der Waals surface area contributed by atoms with E-state index in [-0.39, 0.29) is 28.0 Å². The van der Waals surface area contributed by atoms with Gasteiger partial charge in [-0.25, -0.2) is 0 Å². The molecule has 4 rings (SSSR count). The van der Waals surface area contributed by atoms with Crippen LogP contribution in [-0.4, -0.2) is 66.5 Å². The molecule has 2 aromatic carbocycles.